The van der Waals surface area contributed by atoms with Gasteiger partial charge in [-0.15, -0.1) is 11.3 Å². The van der Waals surface area contributed by atoms with E-state index in [2.05, 4.69) is 24.1 Å². The number of amides is 1. The van der Waals surface area contributed by atoms with Crippen molar-refractivity contribution >= 4 is 22.4 Å². The molecule has 0 spiro atoms. The van der Waals surface area contributed by atoms with Crippen LogP contribution in [0, 0.1) is 5.92 Å². The van der Waals surface area contributed by atoms with Crippen LogP contribution in [0.3, 0.4) is 0 Å². The molecule has 0 fully saturated rings. The zero-order valence-electron chi connectivity index (χ0n) is 9.28. The summed E-state index contributed by atoms with van der Waals surface area (Å²) in [5, 5.41) is 5.25. The minimum absolute atomic E-state index is 0.00139. The van der Waals surface area contributed by atoms with E-state index >= 15 is 0 Å². The molecule has 0 aliphatic carbocycles. The lowest BCUT2D eigenvalue weighted by Crippen LogP contribution is -2.37. The SMILES string of the molecule is CC(C)C(C)NC(=O)Cc1csc(N)n1. The number of nitrogens with zero attached hydrogens (tertiary/aromatic N) is 1. The van der Waals surface area contributed by atoms with Crippen molar-refractivity contribution in [3.05, 3.63) is 11.1 Å². The van der Waals surface area contributed by atoms with Gasteiger partial charge in [0.15, 0.2) is 5.13 Å². The Morgan fingerprint density at radius 2 is 2.27 bits per heavy atom. The molecule has 3 N–H and O–H groups in total. The Kier molecular flexibility index (Phi) is 4.08. The number of nitrogens with one attached hydrogen (secondary N) is 1. The first-order valence-corrected chi connectivity index (χ1v) is 5.86. The molecule has 0 radical (unpaired) electrons. The van der Waals surface area contributed by atoms with E-state index in [1.54, 1.807) is 0 Å². The fourth-order valence-corrected chi connectivity index (χ4v) is 1.60. The van der Waals surface area contributed by atoms with E-state index < -0.39 is 0 Å². The Bertz CT molecular complexity index is 335. The Labute approximate surface area is 93.9 Å². The van der Waals surface area contributed by atoms with Crippen molar-refractivity contribution < 1.29 is 4.79 Å². The van der Waals surface area contributed by atoms with Crippen molar-refractivity contribution in [3.8, 4) is 0 Å². The van der Waals surface area contributed by atoms with Crippen molar-refractivity contribution in [1.82, 2.24) is 10.3 Å². The van der Waals surface area contributed by atoms with Crippen LogP contribution < -0.4 is 11.1 Å². The van der Waals surface area contributed by atoms with Crippen LogP contribution in [0.25, 0.3) is 0 Å². The van der Waals surface area contributed by atoms with E-state index in [-0.39, 0.29) is 11.9 Å². The summed E-state index contributed by atoms with van der Waals surface area (Å²) < 4.78 is 0. The highest BCUT2D eigenvalue weighted by atomic mass is 32.1. The van der Waals surface area contributed by atoms with Crippen LogP contribution in [0.2, 0.25) is 0 Å². The van der Waals surface area contributed by atoms with E-state index in [9.17, 15) is 4.79 Å². The van der Waals surface area contributed by atoms with Gasteiger partial charge in [0.1, 0.15) is 0 Å². The van der Waals surface area contributed by atoms with E-state index in [0.29, 0.717) is 17.5 Å². The van der Waals surface area contributed by atoms with Crippen LogP contribution in [-0.2, 0) is 11.2 Å². The molecular weight excluding hydrogens is 210 g/mol. The topological polar surface area (TPSA) is 68.0 Å². The fraction of sp³-hybridized carbons (Fsp3) is 0.600. The summed E-state index contributed by atoms with van der Waals surface area (Å²) in [6, 6.07) is 0.188. The molecule has 0 aromatic carbocycles. The molecule has 0 saturated carbocycles. The fourth-order valence-electron chi connectivity index (χ4n) is 1.04. The van der Waals surface area contributed by atoms with Gasteiger partial charge in [-0.3, -0.25) is 4.79 Å². The number of rotatable bonds is 4. The molecule has 15 heavy (non-hydrogen) atoms. The predicted octanol–water partition coefficient (Wildman–Crippen LogP) is 1.43. The molecule has 0 aliphatic heterocycles. The maximum atomic E-state index is 11.5. The van der Waals surface area contributed by atoms with Crippen molar-refractivity contribution in [1.29, 1.82) is 0 Å². The molecule has 1 amide bonds. The van der Waals surface area contributed by atoms with Gasteiger partial charge in [0.05, 0.1) is 12.1 Å². The number of nitrogen functional groups attached to an aromatic ring is 1. The van der Waals surface area contributed by atoms with Gasteiger partial charge in [0.25, 0.3) is 0 Å². The van der Waals surface area contributed by atoms with Crippen molar-refractivity contribution in [2.75, 3.05) is 5.73 Å². The van der Waals surface area contributed by atoms with E-state index in [4.69, 9.17) is 5.73 Å². The van der Waals surface area contributed by atoms with Gasteiger partial charge in [-0.2, -0.15) is 0 Å². The highest BCUT2D eigenvalue weighted by Crippen LogP contribution is 2.11. The third kappa shape index (κ3) is 3.87. The quantitative estimate of drug-likeness (QED) is 0.817. The summed E-state index contributed by atoms with van der Waals surface area (Å²) in [7, 11) is 0. The molecule has 1 unspecified atom stereocenters. The van der Waals surface area contributed by atoms with Crippen molar-refractivity contribution in [2.45, 2.75) is 33.2 Å². The summed E-state index contributed by atoms with van der Waals surface area (Å²) in [4.78, 5) is 15.6. The predicted molar refractivity (Wildman–Crippen MR) is 62.7 cm³/mol. The summed E-state index contributed by atoms with van der Waals surface area (Å²) >= 11 is 1.36. The van der Waals surface area contributed by atoms with Crippen LogP contribution in [-0.4, -0.2) is 16.9 Å². The second kappa shape index (κ2) is 5.11. The van der Waals surface area contributed by atoms with Gasteiger partial charge in [-0.25, -0.2) is 4.98 Å². The number of nitrogens with two attached hydrogens (primary N) is 1. The third-order valence-corrected chi connectivity index (χ3v) is 3.02. The molecule has 1 aromatic rings. The van der Waals surface area contributed by atoms with Crippen molar-refractivity contribution in [2.24, 2.45) is 5.92 Å². The molecule has 1 atom stereocenters. The Morgan fingerprint density at radius 3 is 2.73 bits per heavy atom. The molecule has 1 aromatic heterocycles. The van der Waals surface area contributed by atoms with Gasteiger partial charge in [0, 0.05) is 11.4 Å². The average Bonchev–Trinajstić information content (AvgIpc) is 2.50. The minimum Gasteiger partial charge on any atom is -0.375 e. The smallest absolute Gasteiger partial charge is 0.226 e. The lowest BCUT2D eigenvalue weighted by Gasteiger charge is -2.16. The Morgan fingerprint density at radius 1 is 1.60 bits per heavy atom. The molecule has 1 rings (SSSR count). The molecule has 84 valence electrons. The molecule has 0 bridgehead atoms. The highest BCUT2D eigenvalue weighted by Gasteiger charge is 2.12. The standard InChI is InChI=1S/C10H17N3OS/c1-6(2)7(3)12-9(14)4-8-5-15-10(11)13-8/h5-7H,4H2,1-3H3,(H2,11,13)(H,12,14). The van der Waals surface area contributed by atoms with Gasteiger partial charge >= 0.3 is 0 Å². The molecule has 4 nitrogen and oxygen atoms in total. The minimum atomic E-state index is 0.00139. The number of thiazole rings is 1. The normalized spacial score (nSPS) is 12.8. The van der Waals surface area contributed by atoms with E-state index in [1.807, 2.05) is 12.3 Å². The van der Waals surface area contributed by atoms with Crippen LogP contribution in [0.4, 0.5) is 5.13 Å². The van der Waals surface area contributed by atoms with E-state index in [1.165, 1.54) is 11.3 Å². The number of anilines is 1. The first-order valence-electron chi connectivity index (χ1n) is 4.98. The molecule has 0 saturated heterocycles. The van der Waals surface area contributed by atoms with Crippen molar-refractivity contribution in [3.63, 3.8) is 0 Å². The zero-order valence-corrected chi connectivity index (χ0v) is 10.1. The summed E-state index contributed by atoms with van der Waals surface area (Å²) in [5.41, 5.74) is 6.22. The molecular formula is C10H17N3OS. The van der Waals surface area contributed by atoms with Crippen LogP contribution in [0.15, 0.2) is 5.38 Å². The Hall–Kier alpha value is -1.10. The number of aromatic nitrogens is 1. The lowest BCUT2D eigenvalue weighted by atomic mass is 10.1. The molecule has 1 heterocycles. The van der Waals surface area contributed by atoms with E-state index in [0.717, 1.165) is 5.69 Å². The average molecular weight is 227 g/mol. The van der Waals surface area contributed by atoms with Gasteiger partial charge < -0.3 is 11.1 Å². The van der Waals surface area contributed by atoms with Crippen LogP contribution >= 0.6 is 11.3 Å². The Balaban J connectivity index is 2.43. The van der Waals surface area contributed by atoms with Gasteiger partial charge in [-0.1, -0.05) is 13.8 Å². The summed E-state index contributed by atoms with van der Waals surface area (Å²) in [6.45, 7) is 6.15. The second-order valence-corrected chi connectivity index (χ2v) is 4.84. The first-order chi connectivity index (χ1) is 6.99. The molecule has 5 heteroatoms. The summed E-state index contributed by atoms with van der Waals surface area (Å²) in [6.07, 6.45) is 0.310. The van der Waals surface area contributed by atoms with Gasteiger partial charge in [0.2, 0.25) is 5.91 Å². The van der Waals surface area contributed by atoms with Gasteiger partial charge in [-0.05, 0) is 12.8 Å². The third-order valence-electron chi connectivity index (χ3n) is 2.30. The lowest BCUT2D eigenvalue weighted by molar-refractivity contribution is -0.121. The first kappa shape index (κ1) is 12.0. The maximum Gasteiger partial charge on any atom is 0.226 e. The largest absolute Gasteiger partial charge is 0.375 e. The number of carbonyl (C=O) groups is 1. The van der Waals surface area contributed by atoms with Crippen LogP contribution in [0.5, 0.6) is 0 Å². The highest BCUT2D eigenvalue weighted by molar-refractivity contribution is 7.13. The summed E-state index contributed by atoms with van der Waals surface area (Å²) in [5.74, 6) is 0.441. The number of carbonyl (C=O) groups excluding carboxylic acids is 1. The monoisotopic (exact) mass is 227 g/mol. The van der Waals surface area contributed by atoms with Crippen LogP contribution in [0.1, 0.15) is 26.5 Å². The second-order valence-electron chi connectivity index (χ2n) is 3.95. The molecule has 0 aliphatic rings. The zero-order chi connectivity index (χ0) is 11.4. The number of hydrogen-bond donors (Lipinski definition) is 2. The maximum absolute atomic E-state index is 11.5. The number of hydrogen-bond acceptors (Lipinski definition) is 4.